The number of aromatic nitrogens is 2. The zero-order valence-corrected chi connectivity index (χ0v) is 19.7. The lowest BCUT2D eigenvalue weighted by Crippen LogP contribution is -2.32. The molecule has 172 valence electrons. The molecule has 2 heterocycles. The molecule has 0 amide bonds. The minimum absolute atomic E-state index is 0.0147. The topological polar surface area (TPSA) is 34.4 Å². The Morgan fingerprint density at radius 1 is 0.750 bits per heavy atom. The van der Waals surface area contributed by atoms with Crippen molar-refractivity contribution >= 4 is 44.6 Å². The second kappa shape index (κ2) is 7.14. The van der Waals surface area contributed by atoms with Crippen molar-refractivity contribution in [3.8, 4) is 0 Å². The first-order valence-electron chi connectivity index (χ1n) is 12.7. The van der Waals surface area contributed by atoms with Crippen molar-refractivity contribution < 1.29 is 4.79 Å². The van der Waals surface area contributed by atoms with Crippen molar-refractivity contribution in [3.63, 3.8) is 0 Å². The van der Waals surface area contributed by atoms with Crippen LogP contribution in [0.2, 0.25) is 0 Å². The van der Waals surface area contributed by atoms with E-state index in [4.69, 9.17) is 4.98 Å². The average Bonchev–Trinajstić information content (AvgIpc) is 3.47. The number of hydrogen-bond donors (Lipinski definition) is 0. The summed E-state index contributed by atoms with van der Waals surface area (Å²) in [5.74, 6) is 0.679. The quantitative estimate of drug-likeness (QED) is 0.205. The molecule has 5 atom stereocenters. The number of carbonyl (C=O) groups is 1. The molecule has 1 fully saturated rings. The summed E-state index contributed by atoms with van der Waals surface area (Å²) in [4.78, 5) is 18.3. The molecule has 5 aromatic rings. The zero-order chi connectivity index (χ0) is 23.9. The lowest BCUT2D eigenvalue weighted by Gasteiger charge is -2.35. The van der Waals surface area contributed by atoms with Crippen LogP contribution in [-0.4, -0.2) is 15.7 Å². The van der Waals surface area contributed by atoms with E-state index >= 15 is 0 Å². The lowest BCUT2D eigenvalue weighted by atomic mass is 9.66. The number of pyridine rings is 1. The summed E-state index contributed by atoms with van der Waals surface area (Å²) in [7, 11) is 0. The molecule has 0 spiro atoms. The summed E-state index contributed by atoms with van der Waals surface area (Å²) < 4.78 is 2.31. The minimum atomic E-state index is -0.591. The van der Waals surface area contributed by atoms with Crippen LogP contribution in [0.5, 0.6) is 0 Å². The second-order valence-electron chi connectivity index (χ2n) is 10.3. The Balaban J connectivity index is 1.55. The van der Waals surface area contributed by atoms with Gasteiger partial charge in [0, 0.05) is 22.6 Å². The van der Waals surface area contributed by atoms with Gasteiger partial charge in [-0.1, -0.05) is 97.1 Å². The van der Waals surface area contributed by atoms with E-state index in [1.54, 1.807) is 0 Å². The molecular weight excluding hydrogens is 440 g/mol. The summed E-state index contributed by atoms with van der Waals surface area (Å²) in [6, 6.07) is 23.6. The normalized spacial score (nSPS) is 28.3. The van der Waals surface area contributed by atoms with E-state index in [1.807, 2.05) is 6.07 Å². The maximum atomic E-state index is 13.1. The molecule has 0 N–H and O–H groups in total. The second-order valence-corrected chi connectivity index (χ2v) is 10.3. The predicted octanol–water partition coefficient (Wildman–Crippen LogP) is 7.18. The monoisotopic (exact) mass is 464 g/mol. The molecule has 8 rings (SSSR count). The van der Waals surface area contributed by atoms with Gasteiger partial charge in [-0.3, -0.25) is 4.40 Å². The molecule has 3 nitrogen and oxygen atoms in total. The van der Waals surface area contributed by atoms with Crippen LogP contribution in [0, 0.1) is 23.2 Å². The summed E-state index contributed by atoms with van der Waals surface area (Å²) in [6.07, 6.45) is 18.7. The first-order chi connectivity index (χ1) is 17.8. The molecule has 5 unspecified atom stereocenters. The number of imidazole rings is 1. The van der Waals surface area contributed by atoms with Crippen LogP contribution >= 0.6 is 0 Å². The van der Waals surface area contributed by atoms with Gasteiger partial charge in [0.25, 0.3) is 0 Å². The molecule has 0 saturated heterocycles. The highest BCUT2D eigenvalue weighted by atomic mass is 16.1. The molecule has 0 radical (unpaired) electrons. The van der Waals surface area contributed by atoms with E-state index in [2.05, 4.69) is 114 Å². The number of fused-ring (bicyclic) bond motifs is 11. The lowest BCUT2D eigenvalue weighted by molar-refractivity contribution is -0.115. The van der Waals surface area contributed by atoms with Gasteiger partial charge in [0.15, 0.2) is 0 Å². The van der Waals surface area contributed by atoms with E-state index in [1.165, 1.54) is 22.6 Å². The predicted molar refractivity (Wildman–Crippen MR) is 146 cm³/mol. The van der Waals surface area contributed by atoms with Gasteiger partial charge in [0.1, 0.15) is 11.9 Å². The SMILES string of the molecule is O=CC12C=CC=CC1C1C=CC=CC1C2c1cccc2c3ccccc3n3c4ccccc4nc3c12. The molecule has 3 heteroatoms. The Hall–Kier alpha value is -4.24. The summed E-state index contributed by atoms with van der Waals surface area (Å²) in [5.41, 5.74) is 4.83. The molecule has 3 aliphatic rings. The zero-order valence-electron chi connectivity index (χ0n) is 19.7. The van der Waals surface area contributed by atoms with Crippen LogP contribution in [0.1, 0.15) is 11.5 Å². The molecule has 0 bridgehead atoms. The van der Waals surface area contributed by atoms with Gasteiger partial charge in [0.2, 0.25) is 0 Å². The number of nitrogens with zero attached hydrogens (tertiary/aromatic N) is 2. The molecule has 3 aromatic carbocycles. The average molecular weight is 465 g/mol. The van der Waals surface area contributed by atoms with Crippen LogP contribution < -0.4 is 0 Å². The van der Waals surface area contributed by atoms with Gasteiger partial charge >= 0.3 is 0 Å². The molecule has 3 aliphatic carbocycles. The van der Waals surface area contributed by atoms with Crippen LogP contribution in [0.4, 0.5) is 0 Å². The number of rotatable bonds is 2. The summed E-state index contributed by atoms with van der Waals surface area (Å²) in [6.45, 7) is 0. The fraction of sp³-hybridized carbons (Fsp3) is 0.152. The highest BCUT2D eigenvalue weighted by molar-refractivity contribution is 6.15. The van der Waals surface area contributed by atoms with Gasteiger partial charge < -0.3 is 4.79 Å². The highest BCUT2D eigenvalue weighted by Gasteiger charge is 2.58. The maximum absolute atomic E-state index is 13.1. The van der Waals surface area contributed by atoms with E-state index in [-0.39, 0.29) is 23.7 Å². The maximum Gasteiger partial charge on any atom is 0.146 e. The Labute approximate surface area is 208 Å². The Morgan fingerprint density at radius 2 is 1.50 bits per heavy atom. The number of aldehydes is 1. The van der Waals surface area contributed by atoms with Crippen LogP contribution in [-0.2, 0) is 4.79 Å². The fourth-order valence-corrected chi connectivity index (χ4v) is 7.43. The Morgan fingerprint density at radius 3 is 2.39 bits per heavy atom. The van der Waals surface area contributed by atoms with E-state index in [0.29, 0.717) is 0 Å². The van der Waals surface area contributed by atoms with Crippen LogP contribution in [0.3, 0.4) is 0 Å². The number of para-hydroxylation sites is 3. The van der Waals surface area contributed by atoms with Crippen LogP contribution in [0.15, 0.2) is 115 Å². The number of hydrogen-bond acceptors (Lipinski definition) is 2. The summed E-state index contributed by atoms with van der Waals surface area (Å²) in [5, 5.41) is 3.55. The Bertz CT molecular complexity index is 1850. The van der Waals surface area contributed by atoms with Gasteiger partial charge in [-0.2, -0.15) is 0 Å². The van der Waals surface area contributed by atoms with Crippen molar-refractivity contribution in [1.29, 1.82) is 0 Å². The third kappa shape index (κ3) is 2.38. The van der Waals surface area contributed by atoms with E-state index in [0.717, 1.165) is 27.6 Å². The van der Waals surface area contributed by atoms with Crippen molar-refractivity contribution in [1.82, 2.24) is 9.38 Å². The minimum Gasteiger partial charge on any atom is -0.302 e. The summed E-state index contributed by atoms with van der Waals surface area (Å²) >= 11 is 0. The number of allylic oxidation sites excluding steroid dienone is 8. The van der Waals surface area contributed by atoms with Gasteiger partial charge in [0.05, 0.1) is 22.0 Å². The Kier molecular flexibility index (Phi) is 3.97. The van der Waals surface area contributed by atoms with Crippen molar-refractivity contribution in [2.75, 3.05) is 0 Å². The van der Waals surface area contributed by atoms with Crippen molar-refractivity contribution in [2.24, 2.45) is 23.2 Å². The molecule has 1 saturated carbocycles. The molecule has 36 heavy (non-hydrogen) atoms. The van der Waals surface area contributed by atoms with Gasteiger partial charge in [-0.25, -0.2) is 4.98 Å². The fourth-order valence-electron chi connectivity index (χ4n) is 7.43. The standard InChI is InChI=1S/C33H24N2O/c36-20-33-19-8-7-15-26(33)21-10-1-2-12-24(21)31(33)25-14-9-13-23-22-11-3-5-17-28(22)35-29-18-6-4-16-27(29)34-32(35)30(23)25/h1-21,24,26,31H. The molecule has 0 aliphatic heterocycles. The van der Waals surface area contributed by atoms with Gasteiger partial charge in [-0.05, 0) is 41.0 Å². The van der Waals surface area contributed by atoms with Gasteiger partial charge in [-0.15, -0.1) is 0 Å². The molecule has 2 aromatic heterocycles. The smallest absolute Gasteiger partial charge is 0.146 e. The number of benzene rings is 3. The third-order valence-corrected chi connectivity index (χ3v) is 8.81. The van der Waals surface area contributed by atoms with Crippen molar-refractivity contribution in [3.05, 3.63) is 121 Å². The third-order valence-electron chi connectivity index (χ3n) is 8.81. The van der Waals surface area contributed by atoms with E-state index < -0.39 is 5.41 Å². The van der Waals surface area contributed by atoms with Crippen LogP contribution in [0.25, 0.3) is 38.4 Å². The largest absolute Gasteiger partial charge is 0.302 e. The number of carbonyl (C=O) groups excluding carboxylic acids is 1. The first-order valence-corrected chi connectivity index (χ1v) is 12.7. The molecular formula is C33H24N2O. The van der Waals surface area contributed by atoms with E-state index in [9.17, 15) is 4.79 Å². The highest BCUT2D eigenvalue weighted by Crippen LogP contribution is 2.62. The first kappa shape index (κ1) is 20.0. The van der Waals surface area contributed by atoms with Crippen molar-refractivity contribution in [2.45, 2.75) is 5.92 Å².